The predicted octanol–water partition coefficient (Wildman–Crippen LogP) is 2.87. The molecule has 1 aromatic heterocycles. The van der Waals surface area contributed by atoms with E-state index in [-0.39, 0.29) is 10.6 Å². The lowest BCUT2D eigenvalue weighted by Gasteiger charge is -2.20. The molecule has 0 radical (unpaired) electrons. The van der Waals surface area contributed by atoms with E-state index in [0.29, 0.717) is 11.3 Å². The van der Waals surface area contributed by atoms with Gasteiger partial charge in [-0.1, -0.05) is 17.7 Å². The van der Waals surface area contributed by atoms with Crippen molar-refractivity contribution >= 4 is 11.6 Å². The molecular formula is C13H12ClF2N3. The molecule has 1 unspecified atom stereocenters. The highest BCUT2D eigenvalue weighted by atomic mass is 35.5. The number of pyridine rings is 1. The van der Waals surface area contributed by atoms with Crippen LogP contribution in [0.1, 0.15) is 22.9 Å². The van der Waals surface area contributed by atoms with Crippen LogP contribution in [0.3, 0.4) is 0 Å². The van der Waals surface area contributed by atoms with E-state index >= 15 is 0 Å². The normalized spacial score (nSPS) is 12.5. The summed E-state index contributed by atoms with van der Waals surface area (Å²) in [6.45, 7) is 1.75. The number of nitrogens with one attached hydrogen (secondary N) is 1. The van der Waals surface area contributed by atoms with Crippen LogP contribution in [0.25, 0.3) is 0 Å². The van der Waals surface area contributed by atoms with Crippen LogP contribution in [0.5, 0.6) is 0 Å². The Balaban J connectivity index is 2.61. The Kier molecular flexibility index (Phi) is 4.09. The number of halogens is 3. The lowest BCUT2D eigenvalue weighted by Crippen LogP contribution is -2.30. The third-order valence-electron chi connectivity index (χ3n) is 2.89. The van der Waals surface area contributed by atoms with E-state index < -0.39 is 17.7 Å². The van der Waals surface area contributed by atoms with Gasteiger partial charge in [0, 0.05) is 22.5 Å². The van der Waals surface area contributed by atoms with Crippen molar-refractivity contribution < 1.29 is 8.78 Å². The van der Waals surface area contributed by atoms with Crippen LogP contribution < -0.4 is 11.3 Å². The first-order chi connectivity index (χ1) is 9.06. The minimum absolute atomic E-state index is 0.0275. The van der Waals surface area contributed by atoms with Gasteiger partial charge in [-0.25, -0.2) is 14.2 Å². The van der Waals surface area contributed by atoms with Crippen LogP contribution in [0.15, 0.2) is 30.5 Å². The Morgan fingerprint density at radius 2 is 2.05 bits per heavy atom. The van der Waals surface area contributed by atoms with Gasteiger partial charge in [0.15, 0.2) is 11.6 Å². The van der Waals surface area contributed by atoms with E-state index in [1.54, 1.807) is 25.3 Å². The molecule has 0 saturated carbocycles. The quantitative estimate of drug-likeness (QED) is 0.517. The molecule has 0 bridgehead atoms. The fourth-order valence-corrected chi connectivity index (χ4v) is 2.19. The van der Waals surface area contributed by atoms with Gasteiger partial charge in [0.05, 0.1) is 6.04 Å². The first-order valence-electron chi connectivity index (χ1n) is 5.57. The van der Waals surface area contributed by atoms with Crippen molar-refractivity contribution in [3.05, 3.63) is 63.9 Å². The van der Waals surface area contributed by atoms with Crippen molar-refractivity contribution in [2.45, 2.75) is 13.0 Å². The lowest BCUT2D eigenvalue weighted by molar-refractivity contribution is 0.482. The number of hydrogen-bond donors (Lipinski definition) is 2. The number of nitrogens with zero attached hydrogens (tertiary/aromatic N) is 1. The maximum absolute atomic E-state index is 13.9. The SMILES string of the molecule is Cc1ncccc1C(NN)c1c(Cl)ccc(F)c1F. The molecule has 100 valence electrons. The van der Waals surface area contributed by atoms with Crippen molar-refractivity contribution in [2.24, 2.45) is 5.84 Å². The first-order valence-corrected chi connectivity index (χ1v) is 5.95. The van der Waals surface area contributed by atoms with Crippen LogP contribution in [0.2, 0.25) is 5.02 Å². The number of hydrogen-bond acceptors (Lipinski definition) is 3. The Morgan fingerprint density at radius 1 is 1.32 bits per heavy atom. The number of aryl methyl sites for hydroxylation is 1. The molecule has 1 aromatic carbocycles. The molecule has 0 spiro atoms. The van der Waals surface area contributed by atoms with E-state index in [0.717, 1.165) is 6.07 Å². The Hall–Kier alpha value is -1.56. The van der Waals surface area contributed by atoms with Gasteiger partial charge in [-0.15, -0.1) is 0 Å². The number of hydrazine groups is 1. The maximum atomic E-state index is 13.9. The van der Waals surface area contributed by atoms with Crippen molar-refractivity contribution in [3.63, 3.8) is 0 Å². The van der Waals surface area contributed by atoms with Crippen LogP contribution in [-0.2, 0) is 0 Å². The summed E-state index contributed by atoms with van der Waals surface area (Å²) in [4.78, 5) is 4.10. The third-order valence-corrected chi connectivity index (χ3v) is 3.22. The molecule has 0 fully saturated rings. The second kappa shape index (κ2) is 5.61. The smallest absolute Gasteiger partial charge is 0.165 e. The zero-order chi connectivity index (χ0) is 14.0. The molecule has 19 heavy (non-hydrogen) atoms. The fourth-order valence-electron chi connectivity index (χ4n) is 1.94. The molecule has 0 aliphatic rings. The van der Waals surface area contributed by atoms with Crippen LogP contribution in [0, 0.1) is 18.6 Å². The summed E-state index contributed by atoms with van der Waals surface area (Å²) in [5.74, 6) is 3.48. The number of nitrogens with two attached hydrogens (primary N) is 1. The molecule has 1 heterocycles. The van der Waals surface area contributed by atoms with Gasteiger partial charge in [-0.3, -0.25) is 10.8 Å². The number of benzene rings is 1. The lowest BCUT2D eigenvalue weighted by atomic mass is 9.97. The maximum Gasteiger partial charge on any atom is 0.165 e. The second-order valence-electron chi connectivity index (χ2n) is 4.03. The van der Waals surface area contributed by atoms with Gasteiger partial charge in [-0.05, 0) is 30.7 Å². The van der Waals surface area contributed by atoms with Crippen molar-refractivity contribution in [1.29, 1.82) is 0 Å². The zero-order valence-corrected chi connectivity index (χ0v) is 10.9. The van der Waals surface area contributed by atoms with Crippen LogP contribution in [-0.4, -0.2) is 4.98 Å². The summed E-state index contributed by atoms with van der Waals surface area (Å²) in [5.41, 5.74) is 3.72. The zero-order valence-electron chi connectivity index (χ0n) is 10.1. The van der Waals surface area contributed by atoms with Gasteiger partial charge < -0.3 is 0 Å². The Morgan fingerprint density at radius 3 is 2.68 bits per heavy atom. The molecule has 0 amide bonds. The summed E-state index contributed by atoms with van der Waals surface area (Å²) in [6, 6.07) is 4.93. The van der Waals surface area contributed by atoms with E-state index in [1.165, 1.54) is 6.07 Å². The van der Waals surface area contributed by atoms with Gasteiger partial charge >= 0.3 is 0 Å². The monoisotopic (exact) mass is 283 g/mol. The van der Waals surface area contributed by atoms with E-state index in [4.69, 9.17) is 17.4 Å². The second-order valence-corrected chi connectivity index (χ2v) is 4.44. The molecule has 3 nitrogen and oxygen atoms in total. The van der Waals surface area contributed by atoms with Crippen molar-refractivity contribution in [3.8, 4) is 0 Å². The highest BCUT2D eigenvalue weighted by molar-refractivity contribution is 6.31. The molecular weight excluding hydrogens is 272 g/mol. The summed E-state index contributed by atoms with van der Waals surface area (Å²) in [6.07, 6.45) is 1.61. The third kappa shape index (κ3) is 2.58. The van der Waals surface area contributed by atoms with E-state index in [2.05, 4.69) is 10.4 Å². The van der Waals surface area contributed by atoms with E-state index in [1.807, 2.05) is 0 Å². The Labute approximate surface area is 114 Å². The summed E-state index contributed by atoms with van der Waals surface area (Å²) in [5, 5.41) is 0.102. The molecule has 0 aliphatic carbocycles. The molecule has 6 heteroatoms. The minimum Gasteiger partial charge on any atom is -0.271 e. The summed E-state index contributed by atoms with van der Waals surface area (Å²) < 4.78 is 27.3. The Bertz CT molecular complexity index is 604. The average Bonchev–Trinajstić information content (AvgIpc) is 2.40. The number of rotatable bonds is 3. The molecule has 0 saturated heterocycles. The minimum atomic E-state index is -1.02. The molecule has 3 N–H and O–H groups in total. The summed E-state index contributed by atoms with van der Waals surface area (Å²) >= 11 is 5.95. The van der Waals surface area contributed by atoms with Crippen LogP contribution >= 0.6 is 11.6 Å². The standard InChI is InChI=1S/C13H12ClF2N3/c1-7-8(3-2-6-18-7)13(19-17)11-9(14)4-5-10(15)12(11)16/h2-6,13,19H,17H2,1H3. The highest BCUT2D eigenvalue weighted by Gasteiger charge is 2.23. The van der Waals surface area contributed by atoms with Gasteiger partial charge in [-0.2, -0.15) is 0 Å². The highest BCUT2D eigenvalue weighted by Crippen LogP contribution is 2.32. The first kappa shape index (κ1) is 13.9. The van der Waals surface area contributed by atoms with Gasteiger partial charge in [0.1, 0.15) is 0 Å². The summed E-state index contributed by atoms with van der Waals surface area (Å²) in [7, 11) is 0. The molecule has 1 atom stereocenters. The predicted molar refractivity (Wildman–Crippen MR) is 69.5 cm³/mol. The molecule has 2 rings (SSSR count). The van der Waals surface area contributed by atoms with Crippen LogP contribution in [0.4, 0.5) is 8.78 Å². The topological polar surface area (TPSA) is 50.9 Å². The van der Waals surface area contributed by atoms with Gasteiger partial charge in [0.2, 0.25) is 0 Å². The average molecular weight is 284 g/mol. The van der Waals surface area contributed by atoms with Crippen molar-refractivity contribution in [1.82, 2.24) is 10.4 Å². The van der Waals surface area contributed by atoms with Gasteiger partial charge in [0.25, 0.3) is 0 Å². The van der Waals surface area contributed by atoms with E-state index in [9.17, 15) is 8.78 Å². The molecule has 0 aliphatic heterocycles. The molecule has 2 aromatic rings. The number of aromatic nitrogens is 1. The fraction of sp³-hybridized carbons (Fsp3) is 0.154. The largest absolute Gasteiger partial charge is 0.271 e. The van der Waals surface area contributed by atoms with Crippen molar-refractivity contribution in [2.75, 3.05) is 0 Å².